The Morgan fingerprint density at radius 2 is 1.89 bits per heavy atom. The molecule has 2 rings (SSSR count). The molecule has 0 atom stereocenters. The van der Waals surface area contributed by atoms with Gasteiger partial charge in [-0.3, -0.25) is 9.79 Å². The van der Waals surface area contributed by atoms with Crippen molar-refractivity contribution < 1.29 is 14.3 Å². The van der Waals surface area contributed by atoms with Gasteiger partial charge in [-0.2, -0.15) is 0 Å². The lowest BCUT2D eigenvalue weighted by Crippen LogP contribution is -2.37. The Bertz CT molecular complexity index is 821. The largest absolute Gasteiger partial charge is 0.497 e. The van der Waals surface area contributed by atoms with Crippen molar-refractivity contribution in [2.75, 3.05) is 34.9 Å². The Labute approximate surface area is 166 Å². The van der Waals surface area contributed by atoms with Crippen LogP contribution in [0.1, 0.15) is 21.5 Å². The summed E-state index contributed by atoms with van der Waals surface area (Å²) in [5.41, 5.74) is 2.75. The van der Waals surface area contributed by atoms with Crippen molar-refractivity contribution in [2.45, 2.75) is 13.0 Å². The van der Waals surface area contributed by atoms with Crippen LogP contribution in [0.25, 0.3) is 0 Å². The monoisotopic (exact) mass is 384 g/mol. The van der Waals surface area contributed by atoms with Gasteiger partial charge >= 0.3 is 0 Å². The van der Waals surface area contributed by atoms with Gasteiger partial charge in [0.1, 0.15) is 11.5 Å². The number of carbonyl (C=O) groups is 1. The number of methoxy groups -OCH3 is 2. The summed E-state index contributed by atoms with van der Waals surface area (Å²) in [6.45, 7) is 1.26. The molecule has 0 aliphatic carbocycles. The molecule has 0 aliphatic heterocycles. The first-order valence-electron chi connectivity index (χ1n) is 9.07. The van der Waals surface area contributed by atoms with Gasteiger partial charge in [0.15, 0.2) is 5.96 Å². The summed E-state index contributed by atoms with van der Waals surface area (Å²) in [7, 11) is 6.62. The molecule has 0 aromatic heterocycles. The molecular formula is C21H28N4O3. The predicted octanol–water partition coefficient (Wildman–Crippen LogP) is 1.97. The van der Waals surface area contributed by atoms with Crippen molar-refractivity contribution in [1.82, 2.24) is 16.0 Å². The lowest BCUT2D eigenvalue weighted by molar-refractivity contribution is 0.0963. The fraction of sp³-hybridized carbons (Fsp3) is 0.333. The van der Waals surface area contributed by atoms with Crippen molar-refractivity contribution in [2.24, 2.45) is 4.99 Å². The van der Waals surface area contributed by atoms with E-state index < -0.39 is 0 Å². The number of hydrogen-bond donors (Lipinski definition) is 3. The lowest BCUT2D eigenvalue weighted by Gasteiger charge is -2.14. The van der Waals surface area contributed by atoms with Gasteiger partial charge in [0.05, 0.1) is 14.2 Å². The number of aliphatic imine (C=N–C) groups is 1. The van der Waals surface area contributed by atoms with Crippen molar-refractivity contribution >= 4 is 11.9 Å². The second-order valence-corrected chi connectivity index (χ2v) is 6.06. The van der Waals surface area contributed by atoms with Gasteiger partial charge in [0, 0.05) is 44.4 Å². The number of amides is 1. The highest BCUT2D eigenvalue weighted by Crippen LogP contribution is 2.24. The zero-order valence-electron chi connectivity index (χ0n) is 16.8. The number of nitrogens with one attached hydrogen (secondary N) is 3. The Morgan fingerprint density at radius 3 is 2.57 bits per heavy atom. The van der Waals surface area contributed by atoms with E-state index in [1.165, 1.54) is 0 Å². The summed E-state index contributed by atoms with van der Waals surface area (Å²) in [6.07, 6.45) is 0.775. The third kappa shape index (κ3) is 5.90. The van der Waals surface area contributed by atoms with Crippen LogP contribution in [0.4, 0.5) is 0 Å². The number of carbonyl (C=O) groups excluding carboxylic acids is 1. The van der Waals surface area contributed by atoms with Crippen molar-refractivity contribution in [3.63, 3.8) is 0 Å². The third-order valence-corrected chi connectivity index (χ3v) is 4.29. The van der Waals surface area contributed by atoms with E-state index in [4.69, 9.17) is 9.47 Å². The second kappa shape index (κ2) is 10.8. The zero-order chi connectivity index (χ0) is 20.4. The third-order valence-electron chi connectivity index (χ3n) is 4.29. The normalized spacial score (nSPS) is 10.9. The molecule has 0 radical (unpaired) electrons. The zero-order valence-corrected chi connectivity index (χ0v) is 16.8. The van der Waals surface area contributed by atoms with Crippen LogP contribution in [0, 0.1) is 0 Å². The molecule has 0 saturated carbocycles. The minimum atomic E-state index is -0.0827. The van der Waals surface area contributed by atoms with Gasteiger partial charge in [-0.1, -0.05) is 12.1 Å². The topological polar surface area (TPSA) is 84.0 Å². The SMILES string of the molecule is CN=C(NCCc1cccc(C(=O)NC)c1)NCc1ccc(OC)cc1OC. The highest BCUT2D eigenvalue weighted by molar-refractivity contribution is 5.94. The van der Waals surface area contributed by atoms with Gasteiger partial charge in [-0.05, 0) is 36.2 Å². The number of ether oxygens (including phenoxy) is 2. The van der Waals surface area contributed by atoms with Gasteiger partial charge in [-0.25, -0.2) is 0 Å². The first kappa shape index (κ1) is 21.1. The Balaban J connectivity index is 1.88. The predicted molar refractivity (Wildman–Crippen MR) is 111 cm³/mol. The molecule has 1 amide bonds. The number of benzene rings is 2. The van der Waals surface area contributed by atoms with Crippen LogP contribution >= 0.6 is 0 Å². The molecule has 0 bridgehead atoms. The summed E-state index contributed by atoms with van der Waals surface area (Å²) < 4.78 is 10.6. The first-order chi connectivity index (χ1) is 13.6. The highest BCUT2D eigenvalue weighted by Gasteiger charge is 2.07. The summed E-state index contributed by atoms with van der Waals surface area (Å²) in [5, 5.41) is 9.20. The molecule has 7 heteroatoms. The van der Waals surface area contributed by atoms with Crippen molar-refractivity contribution in [3.05, 3.63) is 59.2 Å². The van der Waals surface area contributed by atoms with E-state index in [0.717, 1.165) is 29.0 Å². The number of guanidine groups is 1. The molecule has 0 heterocycles. The number of nitrogens with zero attached hydrogens (tertiary/aromatic N) is 1. The molecule has 7 nitrogen and oxygen atoms in total. The summed E-state index contributed by atoms with van der Waals surface area (Å²) in [4.78, 5) is 16.0. The molecule has 3 N–H and O–H groups in total. The van der Waals surface area contributed by atoms with E-state index in [0.29, 0.717) is 24.6 Å². The van der Waals surface area contributed by atoms with Crippen LogP contribution in [0.3, 0.4) is 0 Å². The standard InChI is InChI=1S/C21H28N4O3/c1-22-20(26)16-7-5-6-15(12-16)10-11-24-21(23-2)25-14-17-8-9-18(27-3)13-19(17)28-4/h5-9,12-13H,10-11,14H2,1-4H3,(H,22,26)(H2,23,24,25). The van der Waals surface area contributed by atoms with E-state index >= 15 is 0 Å². The molecule has 28 heavy (non-hydrogen) atoms. The molecule has 0 fully saturated rings. The number of rotatable bonds is 8. The van der Waals surface area contributed by atoms with E-state index in [2.05, 4.69) is 20.9 Å². The molecule has 150 valence electrons. The maximum atomic E-state index is 11.7. The molecule has 2 aromatic rings. The van der Waals surface area contributed by atoms with E-state index in [9.17, 15) is 4.79 Å². The van der Waals surface area contributed by atoms with Crippen LogP contribution in [0.15, 0.2) is 47.5 Å². The van der Waals surface area contributed by atoms with Crippen LogP contribution < -0.4 is 25.4 Å². The molecule has 2 aromatic carbocycles. The van der Waals surface area contributed by atoms with E-state index in [-0.39, 0.29) is 5.91 Å². The molecular weight excluding hydrogens is 356 g/mol. The summed E-state index contributed by atoms with van der Waals surface area (Å²) in [6, 6.07) is 13.3. The smallest absolute Gasteiger partial charge is 0.251 e. The first-order valence-corrected chi connectivity index (χ1v) is 9.07. The highest BCUT2D eigenvalue weighted by atomic mass is 16.5. The van der Waals surface area contributed by atoms with E-state index in [1.807, 2.05) is 36.4 Å². The fourth-order valence-electron chi connectivity index (χ4n) is 2.74. The minimum Gasteiger partial charge on any atom is -0.497 e. The second-order valence-electron chi connectivity index (χ2n) is 6.06. The number of hydrogen-bond acceptors (Lipinski definition) is 4. The Kier molecular flexibility index (Phi) is 8.14. The minimum absolute atomic E-state index is 0.0827. The fourth-order valence-corrected chi connectivity index (χ4v) is 2.74. The average molecular weight is 384 g/mol. The maximum Gasteiger partial charge on any atom is 0.251 e. The van der Waals surface area contributed by atoms with Crippen molar-refractivity contribution in [3.8, 4) is 11.5 Å². The summed E-state index contributed by atoms with van der Waals surface area (Å²) in [5.74, 6) is 2.12. The van der Waals surface area contributed by atoms with Crippen LogP contribution in [-0.2, 0) is 13.0 Å². The van der Waals surface area contributed by atoms with Crippen molar-refractivity contribution in [1.29, 1.82) is 0 Å². The maximum absolute atomic E-state index is 11.7. The lowest BCUT2D eigenvalue weighted by atomic mass is 10.1. The Hall–Kier alpha value is -3.22. The van der Waals surface area contributed by atoms with Gasteiger partial charge in [-0.15, -0.1) is 0 Å². The quantitative estimate of drug-likeness (QED) is 0.479. The van der Waals surface area contributed by atoms with Gasteiger partial charge in [0.25, 0.3) is 5.91 Å². The van der Waals surface area contributed by atoms with Crippen LogP contribution in [0.5, 0.6) is 11.5 Å². The molecule has 0 unspecified atom stereocenters. The Morgan fingerprint density at radius 1 is 1.07 bits per heavy atom. The summed E-state index contributed by atoms with van der Waals surface area (Å²) >= 11 is 0. The van der Waals surface area contributed by atoms with E-state index in [1.54, 1.807) is 34.4 Å². The van der Waals surface area contributed by atoms with Gasteiger partial charge in [0.2, 0.25) is 0 Å². The molecule has 0 spiro atoms. The van der Waals surface area contributed by atoms with Crippen LogP contribution in [0.2, 0.25) is 0 Å². The van der Waals surface area contributed by atoms with Gasteiger partial charge < -0.3 is 25.4 Å². The average Bonchev–Trinajstić information content (AvgIpc) is 2.75. The molecule has 0 aliphatic rings. The molecule has 0 saturated heterocycles. The van der Waals surface area contributed by atoms with Crippen LogP contribution in [-0.4, -0.2) is 46.7 Å².